The predicted molar refractivity (Wildman–Crippen MR) is 114 cm³/mol. The van der Waals surface area contributed by atoms with Crippen molar-refractivity contribution in [1.29, 1.82) is 0 Å². The molecule has 0 saturated heterocycles. The second kappa shape index (κ2) is 9.58. The third kappa shape index (κ3) is 6.14. The van der Waals surface area contributed by atoms with Crippen molar-refractivity contribution < 1.29 is 9.59 Å². The highest BCUT2D eigenvalue weighted by Crippen LogP contribution is 2.16. The Labute approximate surface area is 168 Å². The molecule has 3 rings (SSSR count). The molecule has 0 aliphatic rings. The van der Waals surface area contributed by atoms with Crippen LogP contribution in [-0.4, -0.2) is 11.9 Å². The van der Waals surface area contributed by atoms with Crippen molar-refractivity contribution in [2.75, 3.05) is 16.0 Å². The number of anilines is 3. The number of hydrogen-bond donors (Lipinski definition) is 3. The molecule has 3 aromatic carbocycles. The molecule has 0 aliphatic carbocycles. The van der Waals surface area contributed by atoms with Gasteiger partial charge in [0, 0.05) is 28.5 Å². The molecule has 0 heterocycles. The molecule has 0 aliphatic heterocycles. The fourth-order valence-corrected chi connectivity index (χ4v) is 2.72. The summed E-state index contributed by atoms with van der Waals surface area (Å²) in [5.41, 5.74) is 3.07. The number of aryl methyl sites for hydroxylation is 1. The monoisotopic (exact) mass is 393 g/mol. The van der Waals surface area contributed by atoms with Gasteiger partial charge in [-0.25, -0.2) is 4.79 Å². The smallest absolute Gasteiger partial charge is 0.323 e. The van der Waals surface area contributed by atoms with Gasteiger partial charge in [-0.1, -0.05) is 41.9 Å². The standard InChI is InChI=1S/C22H20ClN3O2/c23-17-7-9-19(10-8-17)25-22(28)26-20-13-11-18(12-14-20)24-21(27)15-6-16-4-2-1-3-5-16/h1-5,7-14H,6,15H2,(H,24,27)(H2,25,26,28). The lowest BCUT2D eigenvalue weighted by atomic mass is 10.1. The molecular formula is C22H20ClN3O2. The highest BCUT2D eigenvalue weighted by Gasteiger charge is 2.05. The van der Waals surface area contributed by atoms with Crippen LogP contribution in [0.3, 0.4) is 0 Å². The molecule has 0 unspecified atom stereocenters. The van der Waals surface area contributed by atoms with Crippen LogP contribution in [-0.2, 0) is 11.2 Å². The number of urea groups is 1. The minimum absolute atomic E-state index is 0.0509. The fraction of sp³-hybridized carbons (Fsp3) is 0.0909. The third-order valence-electron chi connectivity index (χ3n) is 4.01. The van der Waals surface area contributed by atoms with Crippen molar-refractivity contribution in [2.45, 2.75) is 12.8 Å². The molecule has 28 heavy (non-hydrogen) atoms. The van der Waals surface area contributed by atoms with Crippen molar-refractivity contribution >= 4 is 40.6 Å². The SMILES string of the molecule is O=C(CCc1ccccc1)Nc1ccc(NC(=O)Nc2ccc(Cl)cc2)cc1. The summed E-state index contributed by atoms with van der Waals surface area (Å²) in [4.78, 5) is 24.1. The van der Waals surface area contributed by atoms with E-state index < -0.39 is 0 Å². The Balaban J connectivity index is 1.46. The molecule has 0 atom stereocenters. The van der Waals surface area contributed by atoms with Crippen LogP contribution in [0, 0.1) is 0 Å². The zero-order valence-corrected chi connectivity index (χ0v) is 15.9. The number of carbonyl (C=O) groups is 2. The van der Waals surface area contributed by atoms with Gasteiger partial charge in [0.2, 0.25) is 5.91 Å². The average molecular weight is 394 g/mol. The topological polar surface area (TPSA) is 70.2 Å². The number of benzene rings is 3. The van der Waals surface area contributed by atoms with Crippen LogP contribution in [0.5, 0.6) is 0 Å². The van der Waals surface area contributed by atoms with Gasteiger partial charge >= 0.3 is 6.03 Å². The van der Waals surface area contributed by atoms with Crippen molar-refractivity contribution in [3.05, 3.63) is 89.4 Å². The second-order valence-electron chi connectivity index (χ2n) is 6.20. The quantitative estimate of drug-likeness (QED) is 0.513. The molecule has 0 radical (unpaired) electrons. The first kappa shape index (κ1) is 19.5. The van der Waals surface area contributed by atoms with Crippen LogP contribution < -0.4 is 16.0 Å². The number of halogens is 1. The van der Waals surface area contributed by atoms with Crippen LogP contribution in [0.2, 0.25) is 5.02 Å². The summed E-state index contributed by atoms with van der Waals surface area (Å²) >= 11 is 5.82. The summed E-state index contributed by atoms with van der Waals surface area (Å²) < 4.78 is 0. The molecule has 142 valence electrons. The first-order valence-electron chi connectivity index (χ1n) is 8.86. The maximum Gasteiger partial charge on any atom is 0.323 e. The van der Waals surface area contributed by atoms with Crippen molar-refractivity contribution in [3.8, 4) is 0 Å². The lowest BCUT2D eigenvalue weighted by Crippen LogP contribution is -2.19. The van der Waals surface area contributed by atoms with E-state index in [0.29, 0.717) is 34.9 Å². The van der Waals surface area contributed by atoms with Crippen molar-refractivity contribution in [3.63, 3.8) is 0 Å². The minimum Gasteiger partial charge on any atom is -0.326 e. The Morgan fingerprint density at radius 2 is 1.18 bits per heavy atom. The molecule has 3 N–H and O–H groups in total. The molecule has 3 amide bonds. The Hall–Kier alpha value is -3.31. The average Bonchev–Trinajstić information content (AvgIpc) is 2.70. The molecule has 6 heteroatoms. The van der Waals surface area contributed by atoms with Gasteiger partial charge < -0.3 is 16.0 Å². The van der Waals surface area contributed by atoms with E-state index in [1.54, 1.807) is 48.5 Å². The maximum atomic E-state index is 12.1. The summed E-state index contributed by atoms with van der Waals surface area (Å²) in [6.45, 7) is 0. The normalized spacial score (nSPS) is 10.2. The zero-order chi connectivity index (χ0) is 19.8. The summed E-state index contributed by atoms with van der Waals surface area (Å²) in [5.74, 6) is -0.0509. The van der Waals surface area contributed by atoms with E-state index >= 15 is 0 Å². The fourth-order valence-electron chi connectivity index (χ4n) is 2.59. The molecule has 0 bridgehead atoms. The molecule has 0 aromatic heterocycles. The van der Waals surface area contributed by atoms with E-state index in [-0.39, 0.29) is 11.9 Å². The predicted octanol–water partition coefficient (Wildman–Crippen LogP) is 5.56. The van der Waals surface area contributed by atoms with Gasteiger partial charge in [-0.05, 0) is 60.5 Å². The third-order valence-corrected chi connectivity index (χ3v) is 4.26. The second-order valence-corrected chi connectivity index (χ2v) is 6.63. The van der Waals surface area contributed by atoms with E-state index in [9.17, 15) is 9.59 Å². The lowest BCUT2D eigenvalue weighted by molar-refractivity contribution is -0.116. The van der Waals surface area contributed by atoms with Crippen LogP contribution >= 0.6 is 11.6 Å². The van der Waals surface area contributed by atoms with Crippen LogP contribution in [0.15, 0.2) is 78.9 Å². The highest BCUT2D eigenvalue weighted by molar-refractivity contribution is 6.30. The molecule has 5 nitrogen and oxygen atoms in total. The van der Waals surface area contributed by atoms with Crippen molar-refractivity contribution in [1.82, 2.24) is 0 Å². The van der Waals surface area contributed by atoms with Gasteiger partial charge in [0.1, 0.15) is 0 Å². The first-order chi connectivity index (χ1) is 13.6. The summed E-state index contributed by atoms with van der Waals surface area (Å²) in [6, 6.07) is 23.3. The van der Waals surface area contributed by atoms with E-state index in [1.165, 1.54) is 0 Å². The number of nitrogens with one attached hydrogen (secondary N) is 3. The molecule has 0 saturated carbocycles. The zero-order valence-electron chi connectivity index (χ0n) is 15.1. The molecule has 0 fully saturated rings. The van der Waals surface area contributed by atoms with E-state index in [4.69, 9.17) is 11.6 Å². The molecular weight excluding hydrogens is 374 g/mol. The van der Waals surface area contributed by atoms with Crippen LogP contribution in [0.25, 0.3) is 0 Å². The van der Waals surface area contributed by atoms with Crippen molar-refractivity contribution in [2.24, 2.45) is 0 Å². The minimum atomic E-state index is -0.359. The first-order valence-corrected chi connectivity index (χ1v) is 9.24. The van der Waals surface area contributed by atoms with Gasteiger partial charge in [-0.3, -0.25) is 4.79 Å². The largest absolute Gasteiger partial charge is 0.326 e. The summed E-state index contributed by atoms with van der Waals surface area (Å²) in [5, 5.41) is 8.92. The van der Waals surface area contributed by atoms with Gasteiger partial charge in [0.15, 0.2) is 0 Å². The number of hydrogen-bond acceptors (Lipinski definition) is 2. The number of rotatable bonds is 6. The Bertz CT molecular complexity index is 926. The van der Waals surface area contributed by atoms with Gasteiger partial charge in [-0.2, -0.15) is 0 Å². The highest BCUT2D eigenvalue weighted by atomic mass is 35.5. The summed E-state index contributed by atoms with van der Waals surface area (Å²) in [6.07, 6.45) is 1.10. The van der Waals surface area contributed by atoms with Crippen LogP contribution in [0.1, 0.15) is 12.0 Å². The van der Waals surface area contributed by atoms with Gasteiger partial charge in [-0.15, -0.1) is 0 Å². The maximum absolute atomic E-state index is 12.1. The number of carbonyl (C=O) groups excluding carboxylic acids is 2. The van der Waals surface area contributed by atoms with E-state index in [0.717, 1.165) is 5.56 Å². The van der Waals surface area contributed by atoms with Gasteiger partial charge in [0.25, 0.3) is 0 Å². The van der Waals surface area contributed by atoms with E-state index in [2.05, 4.69) is 16.0 Å². The number of amides is 3. The lowest BCUT2D eigenvalue weighted by Gasteiger charge is -2.09. The van der Waals surface area contributed by atoms with E-state index in [1.807, 2.05) is 30.3 Å². The molecule has 3 aromatic rings. The Morgan fingerprint density at radius 3 is 1.75 bits per heavy atom. The van der Waals surface area contributed by atoms with Gasteiger partial charge in [0.05, 0.1) is 0 Å². The molecule has 0 spiro atoms. The Kier molecular flexibility index (Phi) is 6.65. The van der Waals surface area contributed by atoms with Crippen LogP contribution in [0.4, 0.5) is 21.9 Å². The Morgan fingerprint density at radius 1 is 0.679 bits per heavy atom. The summed E-state index contributed by atoms with van der Waals surface area (Å²) in [7, 11) is 0.